The van der Waals surface area contributed by atoms with Gasteiger partial charge in [-0.25, -0.2) is 0 Å². The van der Waals surface area contributed by atoms with Crippen LogP contribution in [0.5, 0.6) is 0 Å². The van der Waals surface area contributed by atoms with E-state index in [-0.39, 0.29) is 5.91 Å². The number of carbonyl (C=O) groups excluding carboxylic acids is 1. The molecular weight excluding hydrogens is 264 g/mol. The van der Waals surface area contributed by atoms with E-state index in [1.54, 1.807) is 11.9 Å². The van der Waals surface area contributed by atoms with Gasteiger partial charge < -0.3 is 14.9 Å². The van der Waals surface area contributed by atoms with E-state index < -0.39 is 6.10 Å². The molecule has 1 aliphatic heterocycles. The van der Waals surface area contributed by atoms with Crippen molar-refractivity contribution in [3.8, 4) is 0 Å². The molecule has 1 aliphatic carbocycles. The van der Waals surface area contributed by atoms with E-state index in [0.29, 0.717) is 6.04 Å². The van der Waals surface area contributed by atoms with Gasteiger partial charge >= 0.3 is 0 Å². The number of rotatable bonds is 2. The summed E-state index contributed by atoms with van der Waals surface area (Å²) in [6.07, 6.45) is 6.78. The zero-order chi connectivity index (χ0) is 15.0. The molecule has 1 amide bonds. The number of aliphatic hydroxyl groups is 1. The fourth-order valence-electron chi connectivity index (χ4n) is 3.56. The molecule has 1 N–H and O–H groups in total. The van der Waals surface area contributed by atoms with Gasteiger partial charge in [0.25, 0.3) is 5.91 Å². The van der Waals surface area contributed by atoms with E-state index in [1.165, 1.54) is 38.5 Å². The zero-order valence-electron chi connectivity index (χ0n) is 12.9. The highest BCUT2D eigenvalue weighted by molar-refractivity contribution is 6.03. The van der Waals surface area contributed by atoms with E-state index in [0.717, 1.165) is 16.9 Å². The smallest absolute Gasteiger partial charge is 0.260 e. The van der Waals surface area contributed by atoms with Crippen LogP contribution in [0.2, 0.25) is 0 Å². The minimum absolute atomic E-state index is 0.237. The highest BCUT2D eigenvalue weighted by atomic mass is 16.3. The van der Waals surface area contributed by atoms with Gasteiger partial charge in [0.15, 0.2) is 6.10 Å². The molecule has 0 saturated heterocycles. The number of nitrogens with zero attached hydrogens (tertiary/aromatic N) is 2. The van der Waals surface area contributed by atoms with Crippen LogP contribution in [-0.2, 0) is 4.79 Å². The van der Waals surface area contributed by atoms with Crippen LogP contribution in [-0.4, -0.2) is 31.2 Å². The molecule has 4 nitrogen and oxygen atoms in total. The fraction of sp³-hybridized carbons (Fsp3) is 0.588. The maximum Gasteiger partial charge on any atom is 0.260 e. The SMILES string of the molecule is CN1C(=O)C(O)c2ccc(N(C)C3CCCCCC3)cc21. The molecule has 0 radical (unpaired) electrons. The van der Waals surface area contributed by atoms with Crippen molar-refractivity contribution in [1.29, 1.82) is 0 Å². The standard InChI is InChI=1S/C17H24N2O2/c1-18(12-7-5-3-4-6-8-12)13-9-10-14-15(11-13)19(2)17(21)16(14)20/h9-12,16,20H,3-8H2,1-2H3. The number of hydrogen-bond donors (Lipinski definition) is 1. The summed E-state index contributed by atoms with van der Waals surface area (Å²) >= 11 is 0. The van der Waals surface area contributed by atoms with Crippen LogP contribution in [0.25, 0.3) is 0 Å². The predicted molar refractivity (Wildman–Crippen MR) is 84.7 cm³/mol. The van der Waals surface area contributed by atoms with Gasteiger partial charge in [-0.1, -0.05) is 31.7 Å². The van der Waals surface area contributed by atoms with Crippen molar-refractivity contribution in [3.05, 3.63) is 23.8 Å². The molecule has 1 saturated carbocycles. The molecule has 21 heavy (non-hydrogen) atoms. The summed E-state index contributed by atoms with van der Waals surface area (Å²) in [5, 5.41) is 9.93. The number of fused-ring (bicyclic) bond motifs is 1. The summed E-state index contributed by atoms with van der Waals surface area (Å²) < 4.78 is 0. The summed E-state index contributed by atoms with van der Waals surface area (Å²) in [5.74, 6) is -0.237. The second-order valence-corrected chi connectivity index (χ2v) is 6.30. The van der Waals surface area contributed by atoms with Gasteiger partial charge in [0.05, 0.1) is 5.69 Å². The Morgan fingerprint density at radius 2 is 1.86 bits per heavy atom. The number of aliphatic hydroxyl groups excluding tert-OH is 1. The molecule has 1 unspecified atom stereocenters. The first-order chi connectivity index (χ1) is 10.1. The lowest BCUT2D eigenvalue weighted by Gasteiger charge is -2.30. The van der Waals surface area contributed by atoms with Gasteiger partial charge in [0.1, 0.15) is 0 Å². The quantitative estimate of drug-likeness (QED) is 0.851. The van der Waals surface area contributed by atoms with Crippen molar-refractivity contribution in [3.63, 3.8) is 0 Å². The zero-order valence-corrected chi connectivity index (χ0v) is 12.9. The third-order valence-corrected chi connectivity index (χ3v) is 5.01. The van der Waals surface area contributed by atoms with Crippen molar-refractivity contribution in [2.24, 2.45) is 0 Å². The third kappa shape index (κ3) is 2.53. The lowest BCUT2D eigenvalue weighted by atomic mass is 10.1. The lowest BCUT2D eigenvalue weighted by molar-refractivity contribution is -0.125. The second kappa shape index (κ2) is 5.68. The number of amides is 1. The molecule has 1 heterocycles. The van der Waals surface area contributed by atoms with Crippen molar-refractivity contribution in [2.75, 3.05) is 23.9 Å². The predicted octanol–water partition coefficient (Wildman–Crippen LogP) is 2.86. The van der Waals surface area contributed by atoms with E-state index >= 15 is 0 Å². The number of benzene rings is 1. The summed E-state index contributed by atoms with van der Waals surface area (Å²) in [4.78, 5) is 15.8. The van der Waals surface area contributed by atoms with Gasteiger partial charge in [-0.05, 0) is 25.0 Å². The normalized spacial score (nSPS) is 23.1. The minimum atomic E-state index is -0.998. The topological polar surface area (TPSA) is 43.8 Å². The second-order valence-electron chi connectivity index (χ2n) is 6.30. The Kier molecular flexibility index (Phi) is 3.89. The molecule has 3 rings (SSSR count). The maximum absolute atomic E-state index is 11.9. The van der Waals surface area contributed by atoms with Crippen LogP contribution in [0, 0.1) is 0 Å². The monoisotopic (exact) mass is 288 g/mol. The molecule has 1 fully saturated rings. The molecule has 1 aromatic rings. The number of likely N-dealkylation sites (N-methyl/N-ethyl adjacent to an activating group) is 1. The van der Waals surface area contributed by atoms with Crippen molar-refractivity contribution >= 4 is 17.3 Å². The van der Waals surface area contributed by atoms with E-state index in [1.807, 2.05) is 18.2 Å². The maximum atomic E-state index is 11.9. The number of hydrogen-bond acceptors (Lipinski definition) is 3. The van der Waals surface area contributed by atoms with Crippen LogP contribution in [0.3, 0.4) is 0 Å². The first kappa shape index (κ1) is 14.4. The Hall–Kier alpha value is -1.55. The van der Waals surface area contributed by atoms with Crippen LogP contribution in [0.1, 0.15) is 50.2 Å². The van der Waals surface area contributed by atoms with Crippen molar-refractivity contribution in [1.82, 2.24) is 0 Å². The lowest BCUT2D eigenvalue weighted by Crippen LogP contribution is -2.31. The Morgan fingerprint density at radius 1 is 1.19 bits per heavy atom. The summed E-state index contributed by atoms with van der Waals surface area (Å²) in [7, 11) is 3.87. The molecule has 0 spiro atoms. The van der Waals surface area contributed by atoms with Crippen LogP contribution < -0.4 is 9.80 Å². The fourth-order valence-corrected chi connectivity index (χ4v) is 3.56. The minimum Gasteiger partial charge on any atom is -0.378 e. The van der Waals surface area contributed by atoms with Gasteiger partial charge in [-0.3, -0.25) is 4.79 Å². The molecule has 114 valence electrons. The number of carbonyl (C=O) groups is 1. The summed E-state index contributed by atoms with van der Waals surface area (Å²) in [6, 6.07) is 6.54. The molecule has 2 aliphatic rings. The van der Waals surface area contributed by atoms with Crippen molar-refractivity contribution < 1.29 is 9.90 Å². The molecule has 1 atom stereocenters. The van der Waals surface area contributed by atoms with Gasteiger partial charge in [-0.15, -0.1) is 0 Å². The van der Waals surface area contributed by atoms with E-state index in [4.69, 9.17) is 0 Å². The van der Waals surface area contributed by atoms with E-state index in [2.05, 4.69) is 11.9 Å². The van der Waals surface area contributed by atoms with Gasteiger partial charge in [-0.2, -0.15) is 0 Å². The summed E-state index contributed by atoms with van der Waals surface area (Å²) in [6.45, 7) is 0. The average Bonchev–Trinajstić information content (AvgIpc) is 2.74. The first-order valence-corrected chi connectivity index (χ1v) is 7.92. The Balaban J connectivity index is 1.85. The highest BCUT2D eigenvalue weighted by Gasteiger charge is 2.34. The van der Waals surface area contributed by atoms with Crippen LogP contribution >= 0.6 is 0 Å². The van der Waals surface area contributed by atoms with Crippen molar-refractivity contribution in [2.45, 2.75) is 50.7 Å². The Bertz CT molecular complexity index is 536. The molecule has 4 heteroatoms. The van der Waals surface area contributed by atoms with Gasteiger partial charge in [0.2, 0.25) is 0 Å². The average molecular weight is 288 g/mol. The number of anilines is 2. The first-order valence-electron chi connectivity index (χ1n) is 7.92. The van der Waals surface area contributed by atoms with Gasteiger partial charge in [0, 0.05) is 31.4 Å². The largest absolute Gasteiger partial charge is 0.378 e. The van der Waals surface area contributed by atoms with Crippen LogP contribution in [0.4, 0.5) is 11.4 Å². The van der Waals surface area contributed by atoms with E-state index in [9.17, 15) is 9.90 Å². The Morgan fingerprint density at radius 3 is 2.52 bits per heavy atom. The molecule has 0 bridgehead atoms. The summed E-state index contributed by atoms with van der Waals surface area (Å²) in [5.41, 5.74) is 2.69. The van der Waals surface area contributed by atoms with Crippen LogP contribution in [0.15, 0.2) is 18.2 Å². The Labute approximate surface area is 126 Å². The molecule has 1 aromatic carbocycles. The highest BCUT2D eigenvalue weighted by Crippen LogP contribution is 2.38. The molecule has 0 aromatic heterocycles. The third-order valence-electron chi connectivity index (χ3n) is 5.01. The molecular formula is C17H24N2O2.